The molecule has 2 heterocycles. The highest BCUT2D eigenvalue weighted by Crippen LogP contribution is 2.31. The maximum atomic E-state index is 13.5. The number of amides is 2. The first-order valence-electron chi connectivity index (χ1n) is 11.6. The monoisotopic (exact) mass is 433 g/mol. The third kappa shape index (κ3) is 4.85. The molecule has 0 aromatic carbocycles. The highest BCUT2D eigenvalue weighted by atomic mass is 16.2. The molecule has 3 N–H and O–H groups in total. The number of carbonyl (C=O) groups excluding carboxylic acids is 2. The third-order valence-corrected chi connectivity index (χ3v) is 6.49. The number of hydrogen-bond donors (Lipinski definition) is 2. The molecule has 1 atom stereocenters. The van der Waals surface area contributed by atoms with Gasteiger partial charge in [-0.3, -0.25) is 23.9 Å². The van der Waals surface area contributed by atoms with Gasteiger partial charge in [0.15, 0.2) is 5.69 Å². The minimum atomic E-state index is -0.656. The molecule has 2 amide bonds. The number of nitrogens with one attached hydrogen (secondary N) is 1. The molecule has 9 heteroatoms. The quantitative estimate of drug-likeness (QED) is 0.615. The van der Waals surface area contributed by atoms with Gasteiger partial charge in [0.25, 0.3) is 5.56 Å². The van der Waals surface area contributed by atoms with Gasteiger partial charge in [-0.2, -0.15) is 0 Å². The molecule has 1 aromatic heterocycles. The molecule has 0 bridgehead atoms. The van der Waals surface area contributed by atoms with Gasteiger partial charge in [-0.1, -0.05) is 39.5 Å². The minimum Gasteiger partial charge on any atom is -0.383 e. The van der Waals surface area contributed by atoms with Crippen molar-refractivity contribution in [1.82, 2.24) is 14.5 Å². The van der Waals surface area contributed by atoms with Crippen molar-refractivity contribution in [2.24, 2.45) is 5.92 Å². The van der Waals surface area contributed by atoms with Gasteiger partial charge in [-0.15, -0.1) is 0 Å². The van der Waals surface area contributed by atoms with Gasteiger partial charge in [0.1, 0.15) is 5.82 Å². The van der Waals surface area contributed by atoms with Crippen molar-refractivity contribution in [2.45, 2.75) is 84.2 Å². The molecular formula is C22H35N5O4. The largest absolute Gasteiger partial charge is 0.383 e. The number of nitrogens with two attached hydrogens (primary N) is 1. The van der Waals surface area contributed by atoms with Gasteiger partial charge in [0.2, 0.25) is 11.8 Å². The lowest BCUT2D eigenvalue weighted by Crippen LogP contribution is -2.44. The van der Waals surface area contributed by atoms with E-state index in [-0.39, 0.29) is 35.8 Å². The average molecular weight is 434 g/mol. The summed E-state index contributed by atoms with van der Waals surface area (Å²) in [5.41, 5.74) is 5.07. The number of aromatic nitrogens is 2. The zero-order chi connectivity index (χ0) is 22.5. The second-order valence-corrected chi connectivity index (χ2v) is 8.73. The fourth-order valence-electron chi connectivity index (χ4n) is 4.71. The summed E-state index contributed by atoms with van der Waals surface area (Å²) < 4.78 is 1.33. The van der Waals surface area contributed by atoms with Crippen molar-refractivity contribution >= 4 is 23.3 Å². The van der Waals surface area contributed by atoms with Gasteiger partial charge in [-0.05, 0) is 25.7 Å². The summed E-state index contributed by atoms with van der Waals surface area (Å²) in [6.07, 6.45) is 7.46. The number of unbranched alkanes of at least 4 members (excludes halogenated alkanes) is 2. The number of hydrogen-bond acceptors (Lipinski definition) is 5. The molecule has 1 aliphatic carbocycles. The number of likely N-dealkylation sites (tertiary alicyclic amines) is 1. The van der Waals surface area contributed by atoms with Crippen LogP contribution in [0.3, 0.4) is 0 Å². The van der Waals surface area contributed by atoms with Gasteiger partial charge in [0, 0.05) is 32.1 Å². The highest BCUT2D eigenvalue weighted by molar-refractivity contribution is 6.00. The van der Waals surface area contributed by atoms with Crippen molar-refractivity contribution in [1.29, 1.82) is 0 Å². The van der Waals surface area contributed by atoms with Crippen LogP contribution in [0.15, 0.2) is 9.59 Å². The second kappa shape index (κ2) is 10.2. The Morgan fingerprint density at radius 1 is 1.13 bits per heavy atom. The van der Waals surface area contributed by atoms with E-state index in [1.54, 1.807) is 0 Å². The number of nitrogen functional groups attached to an aromatic ring is 1. The first-order chi connectivity index (χ1) is 14.9. The Morgan fingerprint density at radius 3 is 2.45 bits per heavy atom. The summed E-state index contributed by atoms with van der Waals surface area (Å²) >= 11 is 0. The Hall–Kier alpha value is -2.58. The first kappa shape index (κ1) is 23.1. The van der Waals surface area contributed by atoms with Crippen LogP contribution in [0.2, 0.25) is 0 Å². The Balaban J connectivity index is 1.91. The smallest absolute Gasteiger partial charge is 0.330 e. The maximum Gasteiger partial charge on any atom is 0.330 e. The van der Waals surface area contributed by atoms with E-state index in [9.17, 15) is 19.2 Å². The Morgan fingerprint density at radius 2 is 1.81 bits per heavy atom. The molecule has 31 heavy (non-hydrogen) atoms. The van der Waals surface area contributed by atoms with E-state index in [2.05, 4.69) is 4.98 Å². The van der Waals surface area contributed by atoms with Crippen LogP contribution in [0.1, 0.15) is 71.6 Å². The van der Waals surface area contributed by atoms with E-state index >= 15 is 0 Å². The van der Waals surface area contributed by atoms with Crippen LogP contribution in [0, 0.1) is 5.92 Å². The number of rotatable bonds is 9. The molecule has 9 nitrogen and oxygen atoms in total. The van der Waals surface area contributed by atoms with Gasteiger partial charge < -0.3 is 15.5 Å². The van der Waals surface area contributed by atoms with Crippen LogP contribution < -0.4 is 21.9 Å². The van der Waals surface area contributed by atoms with Crippen molar-refractivity contribution in [3.63, 3.8) is 0 Å². The Kier molecular flexibility index (Phi) is 7.56. The molecule has 0 spiro atoms. The first-order valence-corrected chi connectivity index (χ1v) is 11.6. The fraction of sp³-hybridized carbons (Fsp3) is 0.727. The van der Waals surface area contributed by atoms with Crippen molar-refractivity contribution < 1.29 is 9.59 Å². The predicted molar refractivity (Wildman–Crippen MR) is 120 cm³/mol. The molecule has 2 aliphatic rings. The molecule has 1 aromatic rings. The second-order valence-electron chi connectivity index (χ2n) is 8.73. The lowest BCUT2D eigenvalue weighted by Gasteiger charge is -2.28. The van der Waals surface area contributed by atoms with E-state index in [1.165, 1.54) is 9.47 Å². The minimum absolute atomic E-state index is 0.00971. The van der Waals surface area contributed by atoms with Gasteiger partial charge in [-0.25, -0.2) is 4.79 Å². The van der Waals surface area contributed by atoms with Gasteiger partial charge >= 0.3 is 5.69 Å². The standard InChI is InChI=1S/C22H35N5O4/c1-3-5-11-25(18-19(23)26(12-6-4-2)22(31)24-20(18)29)21(30)15-13-17(28)27(14-15)16-9-7-8-10-16/h15-16H,3-14,23H2,1-2H3,(H,24,29,31). The van der Waals surface area contributed by atoms with E-state index in [0.29, 0.717) is 26.1 Å². The highest BCUT2D eigenvalue weighted by Gasteiger charge is 2.41. The number of H-pyrrole nitrogens is 1. The molecule has 1 aliphatic heterocycles. The zero-order valence-electron chi connectivity index (χ0n) is 18.7. The molecule has 172 valence electrons. The lowest BCUT2D eigenvalue weighted by molar-refractivity contribution is -0.130. The Bertz CT molecular complexity index is 915. The van der Waals surface area contributed by atoms with E-state index in [4.69, 9.17) is 5.73 Å². The number of carbonyl (C=O) groups is 2. The summed E-state index contributed by atoms with van der Waals surface area (Å²) in [6.45, 7) is 5.08. The van der Waals surface area contributed by atoms with Crippen LogP contribution in [0.5, 0.6) is 0 Å². The molecule has 0 radical (unpaired) electrons. The average Bonchev–Trinajstić information content (AvgIpc) is 3.39. The molecule has 1 unspecified atom stereocenters. The van der Waals surface area contributed by atoms with E-state index in [0.717, 1.165) is 44.9 Å². The molecule has 1 saturated carbocycles. The number of anilines is 2. The summed E-state index contributed by atoms with van der Waals surface area (Å²) in [4.78, 5) is 56.7. The van der Waals surface area contributed by atoms with Crippen LogP contribution >= 0.6 is 0 Å². The van der Waals surface area contributed by atoms with Crippen molar-refractivity contribution in [3.05, 3.63) is 20.8 Å². The molecular weight excluding hydrogens is 398 g/mol. The molecule has 1 saturated heterocycles. The number of aromatic amines is 1. The van der Waals surface area contributed by atoms with Gasteiger partial charge in [0.05, 0.1) is 5.92 Å². The lowest BCUT2D eigenvalue weighted by atomic mass is 10.1. The van der Waals surface area contributed by atoms with E-state index in [1.807, 2.05) is 18.7 Å². The topological polar surface area (TPSA) is 121 Å². The summed E-state index contributed by atoms with van der Waals surface area (Å²) in [5, 5.41) is 0. The fourth-order valence-corrected chi connectivity index (χ4v) is 4.71. The van der Waals surface area contributed by atoms with Crippen LogP contribution in [-0.4, -0.2) is 45.4 Å². The maximum absolute atomic E-state index is 13.5. The predicted octanol–water partition coefficient (Wildman–Crippen LogP) is 1.84. The SMILES string of the molecule is CCCCN(C(=O)C1CC(=O)N(C2CCCC2)C1)c1c(N)n(CCCC)c(=O)[nH]c1=O. The Labute approximate surface area is 182 Å². The van der Waals surface area contributed by atoms with E-state index < -0.39 is 17.2 Å². The van der Waals surface area contributed by atoms with Crippen molar-refractivity contribution in [3.8, 4) is 0 Å². The zero-order valence-corrected chi connectivity index (χ0v) is 18.7. The van der Waals surface area contributed by atoms with Crippen molar-refractivity contribution in [2.75, 3.05) is 23.7 Å². The summed E-state index contributed by atoms with van der Waals surface area (Å²) in [6, 6.07) is 0.221. The normalized spacial score (nSPS) is 19.4. The third-order valence-electron chi connectivity index (χ3n) is 6.49. The van der Waals surface area contributed by atoms with Crippen LogP contribution in [0.4, 0.5) is 11.5 Å². The van der Waals surface area contributed by atoms with Crippen LogP contribution in [0.25, 0.3) is 0 Å². The van der Waals surface area contributed by atoms with Crippen LogP contribution in [-0.2, 0) is 16.1 Å². The summed E-state index contributed by atoms with van der Waals surface area (Å²) in [5.74, 6) is -0.737. The molecule has 2 fully saturated rings. The molecule has 3 rings (SSSR count). The summed E-state index contributed by atoms with van der Waals surface area (Å²) in [7, 11) is 0. The number of nitrogens with zero attached hydrogens (tertiary/aromatic N) is 3.